The molecule has 0 bridgehead atoms. The minimum absolute atomic E-state index is 0.136. The van der Waals surface area contributed by atoms with E-state index in [2.05, 4.69) is 16.3 Å². The predicted octanol–water partition coefficient (Wildman–Crippen LogP) is 1.09. The Bertz CT molecular complexity index is 278. The summed E-state index contributed by atoms with van der Waals surface area (Å²) in [5.74, 6) is -2.05. The number of methoxy groups -OCH3 is 1. The first-order valence-electron chi connectivity index (χ1n) is 3.43. The van der Waals surface area contributed by atoms with Crippen LogP contribution in [0.2, 0.25) is 0 Å². The molecule has 0 unspecified atom stereocenters. The number of hydrogen-bond acceptors (Lipinski definition) is 4. The maximum absolute atomic E-state index is 10.5. The van der Waals surface area contributed by atoms with Gasteiger partial charge in [0.15, 0.2) is 17.2 Å². The average Bonchev–Trinajstić information content (AvgIpc) is 2.11. The fourth-order valence-electron chi connectivity index (χ4n) is 0.575. The molecule has 0 heterocycles. The van der Waals surface area contributed by atoms with Crippen molar-refractivity contribution in [1.82, 2.24) is 0 Å². The van der Waals surface area contributed by atoms with Gasteiger partial charge in [-0.05, 0) is 6.92 Å². The number of aliphatic carboxylic acids is 1. The quantitative estimate of drug-likeness (QED) is 0.297. The van der Waals surface area contributed by atoms with Crippen LogP contribution in [0.15, 0.2) is 28.8 Å². The molecule has 0 aromatic rings. The maximum Gasteiger partial charge on any atom is 0.358 e. The molecule has 0 aromatic heterocycles. The maximum atomic E-state index is 10.5. The molecule has 13 heavy (non-hydrogen) atoms. The van der Waals surface area contributed by atoms with Gasteiger partial charge in [-0.15, -0.1) is 0 Å². The summed E-state index contributed by atoms with van der Waals surface area (Å²) in [6, 6.07) is 0. The third kappa shape index (κ3) is 2.98. The molecule has 0 fully saturated rings. The molecule has 2 N–H and O–H groups in total. The highest BCUT2D eigenvalue weighted by Gasteiger charge is 2.15. The van der Waals surface area contributed by atoms with E-state index in [9.17, 15) is 9.90 Å². The minimum atomic E-state index is -1.34. The van der Waals surface area contributed by atoms with E-state index in [4.69, 9.17) is 5.11 Å². The molecule has 5 heteroatoms. The number of nitrogens with zero attached hydrogens (tertiary/aromatic N) is 1. The number of aliphatic hydroxyl groups is 1. The summed E-state index contributed by atoms with van der Waals surface area (Å²) >= 11 is 0. The molecule has 0 atom stereocenters. The monoisotopic (exact) mass is 185 g/mol. The number of carboxylic acid groups (broad SMARTS) is 1. The van der Waals surface area contributed by atoms with Crippen LogP contribution in [0.25, 0.3) is 0 Å². The van der Waals surface area contributed by atoms with Gasteiger partial charge in [-0.2, -0.15) is 0 Å². The lowest BCUT2D eigenvalue weighted by Gasteiger charge is -2.03. The van der Waals surface area contributed by atoms with Crippen molar-refractivity contribution in [2.75, 3.05) is 7.11 Å². The van der Waals surface area contributed by atoms with Gasteiger partial charge in [0, 0.05) is 6.21 Å². The molecule has 0 aromatic carbocycles. The first-order chi connectivity index (χ1) is 6.04. The average molecular weight is 185 g/mol. The van der Waals surface area contributed by atoms with E-state index in [1.165, 1.54) is 20.2 Å². The van der Waals surface area contributed by atoms with Gasteiger partial charge >= 0.3 is 5.97 Å². The lowest BCUT2D eigenvalue weighted by Crippen LogP contribution is -2.04. The smallest absolute Gasteiger partial charge is 0.358 e. The minimum Gasteiger partial charge on any atom is -0.503 e. The van der Waals surface area contributed by atoms with E-state index in [1.807, 2.05) is 0 Å². The van der Waals surface area contributed by atoms with Crippen molar-refractivity contribution in [1.29, 1.82) is 0 Å². The van der Waals surface area contributed by atoms with Crippen molar-refractivity contribution in [2.24, 2.45) is 4.99 Å². The van der Waals surface area contributed by atoms with E-state index in [1.54, 1.807) is 0 Å². The highest BCUT2D eigenvalue weighted by Crippen LogP contribution is 2.11. The summed E-state index contributed by atoms with van der Waals surface area (Å²) in [7, 11) is 1.27. The van der Waals surface area contributed by atoms with Crippen LogP contribution in [0.1, 0.15) is 6.92 Å². The Morgan fingerprint density at radius 3 is 2.38 bits per heavy atom. The summed E-state index contributed by atoms with van der Waals surface area (Å²) in [4.78, 5) is 14.0. The van der Waals surface area contributed by atoms with Gasteiger partial charge < -0.3 is 14.9 Å². The zero-order valence-corrected chi connectivity index (χ0v) is 7.44. The topological polar surface area (TPSA) is 79.1 Å². The van der Waals surface area contributed by atoms with Gasteiger partial charge in [0.1, 0.15) is 0 Å². The molecule has 0 aliphatic rings. The van der Waals surface area contributed by atoms with Crippen LogP contribution in [-0.2, 0) is 9.53 Å². The highest BCUT2D eigenvalue weighted by atomic mass is 16.5. The van der Waals surface area contributed by atoms with Crippen LogP contribution in [0, 0.1) is 0 Å². The summed E-state index contributed by atoms with van der Waals surface area (Å²) in [5.41, 5.74) is -0.491. The summed E-state index contributed by atoms with van der Waals surface area (Å²) in [6.45, 7) is 4.82. The zero-order chi connectivity index (χ0) is 10.4. The molecule has 0 aliphatic heterocycles. The first kappa shape index (κ1) is 11.2. The second-order valence-electron chi connectivity index (χ2n) is 2.02. The molecule has 0 saturated heterocycles. The van der Waals surface area contributed by atoms with Gasteiger partial charge in [0.2, 0.25) is 0 Å². The van der Waals surface area contributed by atoms with Crippen molar-refractivity contribution in [2.45, 2.75) is 6.92 Å². The van der Waals surface area contributed by atoms with E-state index in [-0.39, 0.29) is 5.76 Å². The fraction of sp³-hybridized carbons (Fsp3) is 0.250. The Labute approximate surface area is 75.7 Å². The lowest BCUT2D eigenvalue weighted by molar-refractivity contribution is -0.132. The third-order valence-corrected chi connectivity index (χ3v) is 1.20. The van der Waals surface area contributed by atoms with E-state index in [0.29, 0.717) is 0 Å². The molecule has 72 valence electrons. The molecule has 0 saturated carbocycles. The standard InChI is InChI=1S/C8H11NO4/c1-4-9-6(8(11)12)7(10)5(2)13-3/h4,10H,2H2,1,3H3,(H,11,12)/b7-6+,9-4?. The van der Waals surface area contributed by atoms with Crippen LogP contribution in [0.3, 0.4) is 0 Å². The second kappa shape index (κ2) is 4.97. The molecular weight excluding hydrogens is 174 g/mol. The third-order valence-electron chi connectivity index (χ3n) is 1.20. The van der Waals surface area contributed by atoms with E-state index >= 15 is 0 Å². The number of aliphatic imine (C=N–C) groups is 1. The Balaban J connectivity index is 5.08. The van der Waals surface area contributed by atoms with Gasteiger partial charge in [-0.3, -0.25) is 4.99 Å². The van der Waals surface area contributed by atoms with Gasteiger partial charge in [-0.25, -0.2) is 4.79 Å². The zero-order valence-electron chi connectivity index (χ0n) is 7.44. The first-order valence-corrected chi connectivity index (χ1v) is 3.43. The molecule has 0 amide bonds. The molecule has 5 nitrogen and oxygen atoms in total. The van der Waals surface area contributed by atoms with Crippen LogP contribution >= 0.6 is 0 Å². The lowest BCUT2D eigenvalue weighted by atomic mass is 10.3. The van der Waals surface area contributed by atoms with Gasteiger partial charge in [-0.1, -0.05) is 6.58 Å². The van der Waals surface area contributed by atoms with Gasteiger partial charge in [0.25, 0.3) is 0 Å². The van der Waals surface area contributed by atoms with Gasteiger partial charge in [0.05, 0.1) is 7.11 Å². The fourth-order valence-corrected chi connectivity index (χ4v) is 0.575. The number of rotatable bonds is 4. The molecular formula is C8H11NO4. The van der Waals surface area contributed by atoms with Crippen LogP contribution < -0.4 is 0 Å². The molecule has 0 aliphatic carbocycles. The highest BCUT2D eigenvalue weighted by molar-refractivity contribution is 5.89. The molecule has 0 spiro atoms. The van der Waals surface area contributed by atoms with Crippen molar-refractivity contribution < 1.29 is 19.7 Å². The Hall–Kier alpha value is -1.78. The van der Waals surface area contributed by atoms with Crippen molar-refractivity contribution in [3.8, 4) is 0 Å². The second-order valence-corrected chi connectivity index (χ2v) is 2.02. The van der Waals surface area contributed by atoms with E-state index in [0.717, 1.165) is 0 Å². The van der Waals surface area contributed by atoms with Crippen molar-refractivity contribution in [3.05, 3.63) is 23.8 Å². The SMILES string of the molecule is C=C(OC)/C(O)=C(\N=CC)C(=O)O. The number of aliphatic hydroxyl groups excluding tert-OH is 1. The largest absolute Gasteiger partial charge is 0.503 e. The Morgan fingerprint density at radius 1 is 1.54 bits per heavy atom. The summed E-state index contributed by atoms with van der Waals surface area (Å²) in [5, 5.41) is 17.8. The molecule has 0 rings (SSSR count). The summed E-state index contributed by atoms with van der Waals surface area (Å²) < 4.78 is 4.55. The van der Waals surface area contributed by atoms with Crippen LogP contribution in [-0.4, -0.2) is 29.5 Å². The number of carbonyl (C=O) groups is 1. The summed E-state index contributed by atoms with van der Waals surface area (Å²) in [6.07, 6.45) is 1.25. The predicted molar refractivity (Wildman–Crippen MR) is 47.6 cm³/mol. The Morgan fingerprint density at radius 2 is 2.08 bits per heavy atom. The van der Waals surface area contributed by atoms with E-state index < -0.39 is 17.4 Å². The van der Waals surface area contributed by atoms with Crippen LogP contribution in [0.4, 0.5) is 0 Å². The molecule has 0 radical (unpaired) electrons. The van der Waals surface area contributed by atoms with Crippen molar-refractivity contribution >= 4 is 12.2 Å². The Kier molecular flexibility index (Phi) is 4.29. The van der Waals surface area contributed by atoms with Crippen LogP contribution in [0.5, 0.6) is 0 Å². The number of carboxylic acids is 1. The van der Waals surface area contributed by atoms with Crippen molar-refractivity contribution in [3.63, 3.8) is 0 Å². The normalized spacial score (nSPS) is 12.5. The number of hydrogen-bond donors (Lipinski definition) is 2. The number of ether oxygens (including phenoxy) is 1.